The number of carbonyl (C=O) groups excluding carboxylic acids is 6. The Morgan fingerprint density at radius 2 is 1.57 bits per heavy atom. The fourth-order valence-corrected chi connectivity index (χ4v) is 9.32. The van der Waals surface area contributed by atoms with Gasteiger partial charge >= 0.3 is 35.8 Å². The van der Waals surface area contributed by atoms with Crippen LogP contribution in [0.15, 0.2) is 41.5 Å². The number of aryl methyl sites for hydroxylation is 1. The average molecular weight is 815 g/mol. The molecule has 1 saturated heterocycles. The van der Waals surface area contributed by atoms with E-state index in [0.717, 1.165) is 50.6 Å². The average Bonchev–Trinajstić information content (AvgIpc) is 3.37. The Balaban J connectivity index is 1.69. The van der Waals surface area contributed by atoms with Gasteiger partial charge in [-0.1, -0.05) is 13.8 Å². The molecule has 4 heterocycles. The molecule has 19 nitrogen and oxygen atoms in total. The number of ether oxygens (including phenoxy) is 7. The molecule has 2 aliphatic heterocycles. The lowest BCUT2D eigenvalue weighted by Gasteiger charge is -2.67. The van der Waals surface area contributed by atoms with Crippen LogP contribution in [-0.4, -0.2) is 127 Å². The van der Waals surface area contributed by atoms with Gasteiger partial charge in [-0.05, 0) is 32.0 Å². The first-order valence-corrected chi connectivity index (χ1v) is 18.5. The molecule has 2 aromatic rings. The molecule has 0 unspecified atom stereocenters. The number of nitrogens with zero attached hydrogens (tertiary/aromatic N) is 2. The van der Waals surface area contributed by atoms with Crippen LogP contribution in [-0.2, 0) is 59.4 Å². The van der Waals surface area contributed by atoms with E-state index in [2.05, 4.69) is 4.98 Å². The van der Waals surface area contributed by atoms with Gasteiger partial charge in [-0.25, -0.2) is 9.59 Å². The molecule has 2 aliphatic carbocycles. The number of fused-ring (bicyclic) bond motifs is 5. The molecular weight excluding hydrogens is 768 g/mol. The molecule has 4 bridgehead atoms. The van der Waals surface area contributed by atoms with Crippen LogP contribution in [0.25, 0.3) is 0 Å². The van der Waals surface area contributed by atoms with Crippen molar-refractivity contribution in [1.82, 2.24) is 9.55 Å². The van der Waals surface area contributed by atoms with Crippen LogP contribution >= 0.6 is 0 Å². The fraction of sp³-hybridized carbons (Fsp3) is 0.590. The molecular formula is C39H46N2O17. The van der Waals surface area contributed by atoms with Gasteiger partial charge in [-0.2, -0.15) is 0 Å². The lowest BCUT2D eigenvalue weighted by Crippen LogP contribution is -2.88. The Hall–Kier alpha value is -5.24. The first-order valence-electron chi connectivity index (χ1n) is 18.5. The van der Waals surface area contributed by atoms with Crippen LogP contribution in [0.3, 0.4) is 0 Å². The van der Waals surface area contributed by atoms with Gasteiger partial charge < -0.3 is 53.0 Å². The minimum absolute atomic E-state index is 0.0431. The number of hydrogen-bond donors (Lipinski definition) is 3. The Kier molecular flexibility index (Phi) is 10.8. The molecule has 0 amide bonds. The smallest absolute Gasteiger partial charge is 0.340 e. The van der Waals surface area contributed by atoms with Gasteiger partial charge in [0.1, 0.15) is 48.8 Å². The maximum atomic E-state index is 14.3. The normalized spacial score (nSPS) is 37.9. The highest BCUT2D eigenvalue weighted by Crippen LogP contribution is 2.69. The molecule has 13 atom stereocenters. The van der Waals surface area contributed by atoms with Gasteiger partial charge in [0, 0.05) is 52.2 Å². The Bertz CT molecular complexity index is 2100. The van der Waals surface area contributed by atoms with E-state index < -0.39 is 131 Å². The van der Waals surface area contributed by atoms with Crippen LogP contribution in [0.4, 0.5) is 0 Å². The summed E-state index contributed by atoms with van der Waals surface area (Å²) < 4.78 is 42.9. The van der Waals surface area contributed by atoms with Crippen LogP contribution in [0.2, 0.25) is 0 Å². The van der Waals surface area contributed by atoms with Crippen molar-refractivity contribution in [3.05, 3.63) is 63.8 Å². The maximum Gasteiger partial charge on any atom is 0.340 e. The molecule has 2 aromatic heterocycles. The summed E-state index contributed by atoms with van der Waals surface area (Å²) in [6.07, 6.45) is -10.2. The number of rotatable bonds is 6. The summed E-state index contributed by atoms with van der Waals surface area (Å²) in [5.41, 5.74) is -10.9. The van der Waals surface area contributed by atoms with E-state index in [1.54, 1.807) is 6.92 Å². The molecule has 0 aromatic carbocycles. The van der Waals surface area contributed by atoms with Crippen LogP contribution < -0.4 is 5.56 Å². The van der Waals surface area contributed by atoms with Gasteiger partial charge in [0.15, 0.2) is 17.8 Å². The summed E-state index contributed by atoms with van der Waals surface area (Å²) in [6.45, 7) is 6.64. The third-order valence-corrected chi connectivity index (χ3v) is 12.2. The number of aliphatic hydroxyl groups excluding tert-OH is 2. The van der Waals surface area contributed by atoms with Gasteiger partial charge in [0.2, 0.25) is 5.56 Å². The molecule has 1 spiro atoms. The van der Waals surface area contributed by atoms with Crippen molar-refractivity contribution in [2.45, 2.75) is 108 Å². The lowest BCUT2D eigenvalue weighted by atomic mass is 9.45. The summed E-state index contributed by atoms with van der Waals surface area (Å²) >= 11 is 0. The SMILES string of the molecule is CC(=O)OC[C@]12[C@H](O)[C@@H](OC(C)=O)[C@@H]3[C@@H](OC(C)=O)[C@@]14O[C@@]3(C)COC(=O)c1cccnc1[C@H](C)[C@H](C)C(=O)O[C@@H]([C@H](OC(=O)c1ccc(=O)n(C)c1)[C@@H]2O)[C@]4(C)O. The quantitative estimate of drug-likeness (QED) is 0.254. The number of cyclic esters (lactones) is 1. The largest absolute Gasteiger partial charge is 0.465 e. The highest BCUT2D eigenvalue weighted by Gasteiger charge is 2.90. The molecule has 19 heteroatoms. The van der Waals surface area contributed by atoms with Crippen molar-refractivity contribution in [3.8, 4) is 0 Å². The number of aromatic nitrogens is 2. The number of hydrogen-bond acceptors (Lipinski definition) is 18. The third kappa shape index (κ3) is 6.34. The van der Waals surface area contributed by atoms with Crippen molar-refractivity contribution in [2.24, 2.45) is 24.3 Å². The summed E-state index contributed by atoms with van der Waals surface area (Å²) in [7, 11) is 1.36. The Morgan fingerprint density at radius 3 is 2.19 bits per heavy atom. The van der Waals surface area contributed by atoms with Gasteiger partial charge in [-0.3, -0.25) is 29.0 Å². The standard InChI is InChI=1S/C39H46N2O17/c1-17-18(2)33(48)57-32-28(56-34(49)22-11-12-24(45)41(8)14-22)30(47)38(16-52-19(3)42)29(46)27(54-20(4)43)25-31(55-21(5)44)39(38,37(32,7)51)58-36(25,6)15-53-35(50)23-10-9-13-40-26(17)23/h9-14,17-18,25,27-32,46-47,51H,15-16H2,1-8H3/t17-,18+,25-,27+,28-,29-,30+,31-,32+,36+,37+,38-,39+/m1/s1. The third-order valence-electron chi connectivity index (χ3n) is 12.2. The molecule has 0 radical (unpaired) electrons. The molecule has 3 N–H and O–H groups in total. The van der Waals surface area contributed by atoms with Crippen molar-refractivity contribution < 1.29 is 77.2 Å². The van der Waals surface area contributed by atoms with E-state index in [0.29, 0.717) is 0 Å². The van der Waals surface area contributed by atoms with Crippen LogP contribution in [0, 0.1) is 17.3 Å². The van der Waals surface area contributed by atoms with Crippen LogP contribution in [0.1, 0.15) is 80.8 Å². The van der Waals surface area contributed by atoms with E-state index >= 15 is 0 Å². The Morgan fingerprint density at radius 1 is 0.914 bits per heavy atom. The number of carbonyl (C=O) groups is 6. The zero-order valence-corrected chi connectivity index (χ0v) is 33.0. The van der Waals surface area contributed by atoms with Crippen molar-refractivity contribution in [3.63, 3.8) is 0 Å². The summed E-state index contributed by atoms with van der Waals surface area (Å²) in [4.78, 5) is 97.3. The fourth-order valence-electron chi connectivity index (χ4n) is 9.32. The zero-order chi connectivity index (χ0) is 42.9. The molecule has 3 fully saturated rings. The first-order chi connectivity index (χ1) is 27.0. The van der Waals surface area contributed by atoms with Gasteiger partial charge in [-0.15, -0.1) is 0 Å². The highest BCUT2D eigenvalue weighted by molar-refractivity contribution is 5.91. The van der Waals surface area contributed by atoms with E-state index in [-0.39, 0.29) is 16.8 Å². The van der Waals surface area contributed by atoms with E-state index in [4.69, 9.17) is 33.2 Å². The summed E-state index contributed by atoms with van der Waals surface area (Å²) in [6, 6.07) is 5.08. The second kappa shape index (κ2) is 14.9. The van der Waals surface area contributed by atoms with Gasteiger partial charge in [0.05, 0.1) is 34.1 Å². The first kappa shape index (κ1) is 42.4. The molecule has 4 aliphatic rings. The summed E-state index contributed by atoms with van der Waals surface area (Å²) in [5.74, 6) is -9.73. The zero-order valence-electron chi connectivity index (χ0n) is 33.0. The van der Waals surface area contributed by atoms with E-state index in [9.17, 15) is 48.9 Å². The molecule has 6 rings (SSSR count). The van der Waals surface area contributed by atoms with Gasteiger partial charge in [0.25, 0.3) is 0 Å². The Labute approximate surface area is 331 Å². The second-order valence-corrected chi connectivity index (χ2v) is 15.8. The minimum Gasteiger partial charge on any atom is -0.465 e. The van der Waals surface area contributed by atoms with Crippen molar-refractivity contribution in [1.29, 1.82) is 0 Å². The minimum atomic E-state index is -2.85. The van der Waals surface area contributed by atoms with E-state index in [1.807, 2.05) is 0 Å². The molecule has 314 valence electrons. The maximum absolute atomic E-state index is 14.3. The number of pyridine rings is 2. The van der Waals surface area contributed by atoms with Crippen molar-refractivity contribution >= 4 is 35.8 Å². The summed E-state index contributed by atoms with van der Waals surface area (Å²) in [5, 5.41) is 38.8. The van der Waals surface area contributed by atoms with E-state index in [1.165, 1.54) is 39.2 Å². The monoisotopic (exact) mass is 814 g/mol. The molecule has 2 saturated carbocycles. The van der Waals surface area contributed by atoms with Crippen molar-refractivity contribution in [2.75, 3.05) is 13.2 Å². The predicted molar refractivity (Wildman–Crippen MR) is 191 cm³/mol. The lowest BCUT2D eigenvalue weighted by molar-refractivity contribution is -0.385. The topological polar surface area (TPSA) is 263 Å². The van der Waals surface area contributed by atoms with Crippen LogP contribution in [0.5, 0.6) is 0 Å². The number of esters is 6. The highest BCUT2D eigenvalue weighted by atomic mass is 16.7. The number of aliphatic hydroxyl groups is 3. The predicted octanol–water partition coefficient (Wildman–Crippen LogP) is -0.115. The second-order valence-electron chi connectivity index (χ2n) is 15.8. The molecule has 58 heavy (non-hydrogen) atoms.